The second-order valence-corrected chi connectivity index (χ2v) is 3.55. The molecule has 0 atom stereocenters. The fourth-order valence-corrected chi connectivity index (χ4v) is 1.35. The Morgan fingerprint density at radius 2 is 1.53 bits per heavy atom. The first-order chi connectivity index (χ1) is 7.08. The van der Waals surface area contributed by atoms with Crippen molar-refractivity contribution in [1.82, 2.24) is 4.98 Å². The zero-order chi connectivity index (χ0) is 11.4. The number of aromatic nitrogens is 1. The Balaban J connectivity index is 3.16. The molecule has 1 rings (SSSR count). The summed E-state index contributed by atoms with van der Waals surface area (Å²) < 4.78 is 0. The summed E-state index contributed by atoms with van der Waals surface area (Å²) in [6.45, 7) is 3.48. The highest BCUT2D eigenvalue weighted by molar-refractivity contribution is 6.31. The molecule has 15 heavy (non-hydrogen) atoms. The van der Waals surface area contributed by atoms with Crippen LogP contribution < -0.4 is 0 Å². The predicted molar refractivity (Wildman–Crippen MR) is 58.5 cm³/mol. The average Bonchev–Trinajstić information content (AvgIpc) is 2.26. The van der Waals surface area contributed by atoms with Crippen LogP contribution in [-0.4, -0.2) is 16.6 Å². The molecule has 0 aliphatic heterocycles. The van der Waals surface area contributed by atoms with Gasteiger partial charge in [0.05, 0.1) is 0 Å². The molecule has 0 amide bonds. The molecule has 3 nitrogen and oxygen atoms in total. The predicted octanol–water partition coefficient (Wildman–Crippen LogP) is 2.92. The van der Waals surface area contributed by atoms with E-state index in [1.807, 2.05) is 0 Å². The fourth-order valence-electron chi connectivity index (χ4n) is 1.15. The highest BCUT2D eigenvalue weighted by Crippen LogP contribution is 2.14. The van der Waals surface area contributed by atoms with Gasteiger partial charge < -0.3 is 0 Å². The third-order valence-electron chi connectivity index (χ3n) is 2.00. The first kappa shape index (κ1) is 11.9. The summed E-state index contributed by atoms with van der Waals surface area (Å²) in [6, 6.07) is 2.97. The van der Waals surface area contributed by atoms with E-state index >= 15 is 0 Å². The fraction of sp³-hybridized carbons (Fsp3) is 0.364. The largest absolute Gasteiger partial charge is 0.292 e. The van der Waals surface area contributed by atoms with Gasteiger partial charge >= 0.3 is 0 Å². The molecular weight excluding hydrogens is 214 g/mol. The SMILES string of the molecule is CCC(=O)c1cc(Cl)cc(C(=O)CC)n1. The van der Waals surface area contributed by atoms with Crippen LogP contribution >= 0.6 is 11.6 Å². The van der Waals surface area contributed by atoms with Crippen molar-refractivity contribution in [2.75, 3.05) is 0 Å². The van der Waals surface area contributed by atoms with Gasteiger partial charge in [-0.3, -0.25) is 9.59 Å². The van der Waals surface area contributed by atoms with Gasteiger partial charge in [0.1, 0.15) is 11.4 Å². The van der Waals surface area contributed by atoms with Gasteiger partial charge in [0.15, 0.2) is 11.6 Å². The minimum Gasteiger partial charge on any atom is -0.292 e. The van der Waals surface area contributed by atoms with Crippen LogP contribution in [0.15, 0.2) is 12.1 Å². The van der Waals surface area contributed by atoms with Crippen molar-refractivity contribution in [3.8, 4) is 0 Å². The number of carbonyl (C=O) groups is 2. The van der Waals surface area contributed by atoms with Crippen LogP contribution in [0.1, 0.15) is 47.7 Å². The summed E-state index contributed by atoms with van der Waals surface area (Å²) in [4.78, 5) is 26.8. The molecule has 0 aromatic carbocycles. The number of halogens is 1. The van der Waals surface area contributed by atoms with Gasteiger partial charge in [-0.15, -0.1) is 0 Å². The number of rotatable bonds is 4. The standard InChI is InChI=1S/C11H12ClNO2/c1-3-10(14)8-5-7(12)6-9(13-8)11(15)4-2/h5-6H,3-4H2,1-2H3. The number of pyridine rings is 1. The third kappa shape index (κ3) is 2.86. The first-order valence-corrected chi connectivity index (χ1v) is 5.20. The maximum atomic E-state index is 11.4. The summed E-state index contributed by atoms with van der Waals surface area (Å²) in [5.41, 5.74) is 0.531. The van der Waals surface area contributed by atoms with E-state index in [0.29, 0.717) is 17.9 Å². The van der Waals surface area contributed by atoms with Gasteiger partial charge in [-0.2, -0.15) is 0 Å². The Bertz CT molecular complexity index is 367. The monoisotopic (exact) mass is 225 g/mol. The zero-order valence-electron chi connectivity index (χ0n) is 8.71. The van der Waals surface area contributed by atoms with Crippen LogP contribution in [0, 0.1) is 0 Å². The Morgan fingerprint density at radius 3 is 1.87 bits per heavy atom. The third-order valence-corrected chi connectivity index (χ3v) is 2.22. The summed E-state index contributed by atoms with van der Waals surface area (Å²) >= 11 is 5.81. The van der Waals surface area contributed by atoms with Gasteiger partial charge in [0, 0.05) is 17.9 Å². The molecule has 0 N–H and O–H groups in total. The Morgan fingerprint density at radius 1 is 1.13 bits per heavy atom. The minimum absolute atomic E-state index is 0.109. The van der Waals surface area contributed by atoms with Gasteiger partial charge in [-0.25, -0.2) is 4.98 Å². The van der Waals surface area contributed by atoms with Crippen molar-refractivity contribution in [3.63, 3.8) is 0 Å². The molecule has 0 saturated carbocycles. The van der Waals surface area contributed by atoms with Crippen LogP contribution in [0.5, 0.6) is 0 Å². The van der Waals surface area contributed by atoms with Gasteiger partial charge in [0.2, 0.25) is 0 Å². The molecule has 0 radical (unpaired) electrons. The lowest BCUT2D eigenvalue weighted by Gasteiger charge is -2.02. The second kappa shape index (κ2) is 5.03. The highest BCUT2D eigenvalue weighted by atomic mass is 35.5. The Labute approximate surface area is 93.5 Å². The lowest BCUT2D eigenvalue weighted by molar-refractivity contribution is 0.0979. The van der Waals surface area contributed by atoms with E-state index in [1.54, 1.807) is 13.8 Å². The van der Waals surface area contributed by atoms with E-state index in [-0.39, 0.29) is 23.0 Å². The topological polar surface area (TPSA) is 47.0 Å². The van der Waals surface area contributed by atoms with Crippen molar-refractivity contribution in [2.24, 2.45) is 0 Å². The molecule has 0 spiro atoms. The smallest absolute Gasteiger partial charge is 0.180 e. The lowest BCUT2D eigenvalue weighted by atomic mass is 10.1. The molecule has 0 aliphatic rings. The molecule has 0 fully saturated rings. The molecule has 0 aliphatic carbocycles. The number of carbonyl (C=O) groups excluding carboxylic acids is 2. The van der Waals surface area contributed by atoms with Crippen LogP contribution in [0.2, 0.25) is 5.02 Å². The minimum atomic E-state index is -0.109. The molecule has 0 unspecified atom stereocenters. The summed E-state index contributed by atoms with van der Waals surface area (Å²) in [5.74, 6) is -0.217. The molecule has 80 valence electrons. The van der Waals surface area contributed by atoms with Crippen molar-refractivity contribution < 1.29 is 9.59 Å². The van der Waals surface area contributed by atoms with E-state index < -0.39 is 0 Å². The first-order valence-electron chi connectivity index (χ1n) is 4.82. The van der Waals surface area contributed by atoms with Gasteiger partial charge in [-0.1, -0.05) is 25.4 Å². The highest BCUT2D eigenvalue weighted by Gasteiger charge is 2.11. The van der Waals surface area contributed by atoms with Crippen molar-refractivity contribution in [1.29, 1.82) is 0 Å². The van der Waals surface area contributed by atoms with E-state index in [0.717, 1.165) is 0 Å². The summed E-state index contributed by atoms with van der Waals surface area (Å²) in [5, 5.41) is 0.374. The van der Waals surface area contributed by atoms with Crippen LogP contribution in [0.4, 0.5) is 0 Å². The number of ketones is 2. The molecule has 1 aromatic rings. The van der Waals surface area contributed by atoms with Crippen molar-refractivity contribution in [3.05, 3.63) is 28.5 Å². The van der Waals surface area contributed by atoms with E-state index in [9.17, 15) is 9.59 Å². The lowest BCUT2D eigenvalue weighted by Crippen LogP contribution is -2.07. The second-order valence-electron chi connectivity index (χ2n) is 3.11. The van der Waals surface area contributed by atoms with Crippen molar-refractivity contribution >= 4 is 23.2 Å². The molecule has 0 bridgehead atoms. The summed E-state index contributed by atoms with van der Waals surface area (Å²) in [6.07, 6.45) is 0.709. The molecular formula is C11H12ClNO2. The van der Waals surface area contributed by atoms with E-state index in [2.05, 4.69) is 4.98 Å². The molecule has 1 heterocycles. The van der Waals surface area contributed by atoms with Crippen LogP contribution in [-0.2, 0) is 0 Å². The molecule has 4 heteroatoms. The quantitative estimate of drug-likeness (QED) is 0.741. The summed E-state index contributed by atoms with van der Waals surface area (Å²) in [7, 11) is 0. The molecule has 1 aromatic heterocycles. The average molecular weight is 226 g/mol. The maximum Gasteiger partial charge on any atom is 0.180 e. The normalized spacial score (nSPS) is 10.1. The Hall–Kier alpha value is -1.22. The number of hydrogen-bond donors (Lipinski definition) is 0. The number of Topliss-reactive ketones (excluding diaryl/α,β-unsaturated/α-hetero) is 2. The molecule has 0 saturated heterocycles. The number of nitrogens with zero attached hydrogens (tertiary/aromatic N) is 1. The van der Waals surface area contributed by atoms with E-state index in [4.69, 9.17) is 11.6 Å². The van der Waals surface area contributed by atoms with E-state index in [1.165, 1.54) is 12.1 Å². The van der Waals surface area contributed by atoms with Crippen LogP contribution in [0.3, 0.4) is 0 Å². The maximum absolute atomic E-state index is 11.4. The van der Waals surface area contributed by atoms with Gasteiger partial charge in [0.25, 0.3) is 0 Å². The Kier molecular flexibility index (Phi) is 3.97. The van der Waals surface area contributed by atoms with Crippen molar-refractivity contribution in [2.45, 2.75) is 26.7 Å². The van der Waals surface area contributed by atoms with Crippen LogP contribution in [0.25, 0.3) is 0 Å². The zero-order valence-corrected chi connectivity index (χ0v) is 9.47. The van der Waals surface area contributed by atoms with Gasteiger partial charge in [-0.05, 0) is 12.1 Å². The number of hydrogen-bond acceptors (Lipinski definition) is 3.